The van der Waals surface area contributed by atoms with Gasteiger partial charge in [0.15, 0.2) is 0 Å². The van der Waals surface area contributed by atoms with E-state index in [-0.39, 0.29) is 11.9 Å². The predicted molar refractivity (Wildman–Crippen MR) is 124 cm³/mol. The summed E-state index contributed by atoms with van der Waals surface area (Å²) in [5, 5.41) is 5.92. The van der Waals surface area contributed by atoms with Gasteiger partial charge in [-0.1, -0.05) is 72.8 Å². The molecule has 0 saturated heterocycles. The molecule has 1 atom stereocenters. The number of aryl methyl sites for hydroxylation is 2. The number of rotatable bonds is 6. The van der Waals surface area contributed by atoms with Gasteiger partial charge in [0, 0.05) is 0 Å². The maximum atomic E-state index is 13.1. The summed E-state index contributed by atoms with van der Waals surface area (Å²) in [5.41, 5.74) is 6.02. The van der Waals surface area contributed by atoms with Gasteiger partial charge in [0.05, 0.1) is 19.6 Å². The molecule has 0 spiro atoms. The third-order valence-corrected chi connectivity index (χ3v) is 6.18. The number of nitrogens with one attached hydrogen (secondary N) is 1. The van der Waals surface area contributed by atoms with Crippen molar-refractivity contribution < 1.29 is 9.53 Å². The zero-order valence-electron chi connectivity index (χ0n) is 17.6. The van der Waals surface area contributed by atoms with Crippen molar-refractivity contribution in [1.82, 2.24) is 5.32 Å². The van der Waals surface area contributed by atoms with Crippen molar-refractivity contribution in [3.05, 3.63) is 113 Å². The lowest BCUT2D eigenvalue weighted by molar-refractivity contribution is -0.120. The van der Waals surface area contributed by atoms with Crippen LogP contribution < -0.4 is 10.1 Å². The lowest BCUT2D eigenvalue weighted by atomic mass is 9.91. The molecular weight excluding hydrogens is 382 g/mol. The molecule has 0 radical (unpaired) electrons. The van der Waals surface area contributed by atoms with Crippen molar-refractivity contribution in [2.75, 3.05) is 7.11 Å². The highest BCUT2D eigenvalue weighted by molar-refractivity contribution is 5.94. The van der Waals surface area contributed by atoms with Crippen LogP contribution in [-0.4, -0.2) is 13.0 Å². The molecular formula is C28H25NO2. The van der Waals surface area contributed by atoms with Gasteiger partial charge in [0.25, 0.3) is 0 Å². The number of hydrogen-bond acceptors (Lipinski definition) is 2. The first-order chi connectivity index (χ1) is 15.2. The van der Waals surface area contributed by atoms with Crippen LogP contribution in [-0.2, 0) is 24.1 Å². The quantitative estimate of drug-likeness (QED) is 0.465. The summed E-state index contributed by atoms with van der Waals surface area (Å²) in [4.78, 5) is 13.1. The number of amides is 1. The highest BCUT2D eigenvalue weighted by atomic mass is 16.5. The van der Waals surface area contributed by atoms with Gasteiger partial charge >= 0.3 is 0 Å². The normalized spacial score (nSPS) is 13.2. The standard InChI is InChI=1S/C28H25NO2/c1-31-23-15-10-19(11-16-23)18-26(30)29-28(22-6-3-2-4-7-22)25-17-14-21-13-12-20-8-5-9-24(25)27(20)21/h2-11,14-17,28H,12-13,18H2,1H3,(H,29,30)/t28-/m0/s1. The predicted octanol–water partition coefficient (Wildman–Crippen LogP) is 5.40. The van der Waals surface area contributed by atoms with E-state index in [0.717, 1.165) is 35.3 Å². The van der Waals surface area contributed by atoms with Crippen LogP contribution >= 0.6 is 0 Å². The van der Waals surface area contributed by atoms with Crippen LogP contribution in [0.5, 0.6) is 5.75 Å². The zero-order chi connectivity index (χ0) is 21.2. The fourth-order valence-corrected chi connectivity index (χ4v) is 4.65. The number of carbonyl (C=O) groups is 1. The van der Waals surface area contributed by atoms with E-state index >= 15 is 0 Å². The third kappa shape index (κ3) is 3.79. The van der Waals surface area contributed by atoms with Gasteiger partial charge in [-0.15, -0.1) is 0 Å². The first-order valence-electron chi connectivity index (χ1n) is 10.7. The number of hydrogen-bond donors (Lipinski definition) is 1. The lowest BCUT2D eigenvalue weighted by Gasteiger charge is -2.22. The molecule has 4 aromatic carbocycles. The van der Waals surface area contributed by atoms with Crippen LogP contribution in [0.2, 0.25) is 0 Å². The Hall–Kier alpha value is -3.59. The van der Waals surface area contributed by atoms with E-state index in [1.54, 1.807) is 7.11 Å². The largest absolute Gasteiger partial charge is 0.497 e. The summed E-state index contributed by atoms with van der Waals surface area (Å²) >= 11 is 0. The minimum Gasteiger partial charge on any atom is -0.497 e. The molecule has 5 rings (SSSR count). The van der Waals surface area contributed by atoms with E-state index in [1.165, 1.54) is 21.9 Å². The van der Waals surface area contributed by atoms with E-state index in [9.17, 15) is 4.79 Å². The molecule has 1 N–H and O–H groups in total. The Balaban J connectivity index is 1.50. The highest BCUT2D eigenvalue weighted by Gasteiger charge is 2.22. The molecule has 0 aliphatic heterocycles. The molecule has 3 heteroatoms. The van der Waals surface area contributed by atoms with Gasteiger partial charge in [0.2, 0.25) is 5.91 Å². The van der Waals surface area contributed by atoms with Crippen LogP contribution in [0, 0.1) is 0 Å². The molecule has 0 bridgehead atoms. The van der Waals surface area contributed by atoms with E-state index in [1.807, 2.05) is 42.5 Å². The molecule has 154 valence electrons. The van der Waals surface area contributed by atoms with E-state index in [2.05, 4.69) is 47.8 Å². The Labute approximate surface area is 182 Å². The SMILES string of the molecule is COc1ccc(CC(=O)N[C@@H](c2ccccc2)c2ccc3c4c(cccc24)CC3)cc1. The summed E-state index contributed by atoms with van der Waals surface area (Å²) in [7, 11) is 1.64. The Morgan fingerprint density at radius 1 is 0.871 bits per heavy atom. The second-order valence-corrected chi connectivity index (χ2v) is 8.09. The van der Waals surface area contributed by atoms with Gasteiger partial charge in [-0.05, 0) is 63.6 Å². The molecule has 0 unspecified atom stereocenters. The van der Waals surface area contributed by atoms with E-state index in [0.29, 0.717) is 6.42 Å². The second kappa shape index (κ2) is 8.27. The minimum absolute atomic E-state index is 0.00210. The van der Waals surface area contributed by atoms with Gasteiger partial charge in [-0.25, -0.2) is 0 Å². The maximum absolute atomic E-state index is 13.1. The Morgan fingerprint density at radius 3 is 2.35 bits per heavy atom. The first-order valence-corrected chi connectivity index (χ1v) is 10.7. The Bertz CT molecular complexity index is 1220. The van der Waals surface area contributed by atoms with Gasteiger partial charge in [-0.3, -0.25) is 4.79 Å². The summed E-state index contributed by atoms with van der Waals surface area (Å²) in [5.74, 6) is 0.793. The van der Waals surface area contributed by atoms with Crippen molar-refractivity contribution >= 4 is 16.7 Å². The van der Waals surface area contributed by atoms with Crippen LogP contribution in [0.25, 0.3) is 10.8 Å². The lowest BCUT2D eigenvalue weighted by Crippen LogP contribution is -2.30. The molecule has 0 heterocycles. The zero-order valence-corrected chi connectivity index (χ0v) is 17.6. The number of carbonyl (C=O) groups excluding carboxylic acids is 1. The van der Waals surface area contributed by atoms with Crippen molar-refractivity contribution in [2.24, 2.45) is 0 Å². The van der Waals surface area contributed by atoms with Crippen LogP contribution in [0.3, 0.4) is 0 Å². The molecule has 1 aliphatic rings. The number of methoxy groups -OCH3 is 1. The van der Waals surface area contributed by atoms with E-state index < -0.39 is 0 Å². The second-order valence-electron chi connectivity index (χ2n) is 8.09. The molecule has 0 fully saturated rings. The van der Waals surface area contributed by atoms with Crippen molar-refractivity contribution in [3.8, 4) is 5.75 Å². The van der Waals surface area contributed by atoms with Crippen LogP contribution in [0.1, 0.15) is 33.9 Å². The summed E-state index contributed by atoms with van der Waals surface area (Å²) in [6.07, 6.45) is 2.51. The summed E-state index contributed by atoms with van der Waals surface area (Å²) < 4.78 is 5.22. The topological polar surface area (TPSA) is 38.3 Å². The monoisotopic (exact) mass is 407 g/mol. The summed E-state index contributed by atoms with van der Waals surface area (Å²) in [6, 6.07) is 28.7. The molecule has 4 aromatic rings. The fourth-order valence-electron chi connectivity index (χ4n) is 4.65. The van der Waals surface area contributed by atoms with Crippen molar-refractivity contribution in [3.63, 3.8) is 0 Å². The third-order valence-electron chi connectivity index (χ3n) is 6.18. The highest BCUT2D eigenvalue weighted by Crippen LogP contribution is 2.36. The van der Waals surface area contributed by atoms with Crippen LogP contribution in [0.15, 0.2) is 84.9 Å². The molecule has 31 heavy (non-hydrogen) atoms. The molecule has 3 nitrogen and oxygen atoms in total. The Kier molecular flexibility index (Phi) is 5.17. The summed E-state index contributed by atoms with van der Waals surface area (Å²) in [6.45, 7) is 0. The number of benzene rings is 4. The van der Waals surface area contributed by atoms with Gasteiger partial charge < -0.3 is 10.1 Å². The fraction of sp³-hybridized carbons (Fsp3) is 0.179. The average molecular weight is 408 g/mol. The van der Waals surface area contributed by atoms with Crippen molar-refractivity contribution in [1.29, 1.82) is 0 Å². The minimum atomic E-state index is -0.197. The Morgan fingerprint density at radius 2 is 1.61 bits per heavy atom. The smallest absolute Gasteiger partial charge is 0.225 e. The first kappa shape index (κ1) is 19.4. The van der Waals surface area contributed by atoms with Crippen molar-refractivity contribution in [2.45, 2.75) is 25.3 Å². The van der Waals surface area contributed by atoms with E-state index in [4.69, 9.17) is 4.74 Å². The molecule has 0 saturated carbocycles. The average Bonchev–Trinajstić information content (AvgIpc) is 3.24. The molecule has 0 aromatic heterocycles. The maximum Gasteiger partial charge on any atom is 0.225 e. The van der Waals surface area contributed by atoms with Gasteiger partial charge in [0.1, 0.15) is 5.75 Å². The molecule has 1 aliphatic carbocycles. The van der Waals surface area contributed by atoms with Crippen LogP contribution in [0.4, 0.5) is 0 Å². The molecule has 1 amide bonds. The van der Waals surface area contributed by atoms with Gasteiger partial charge in [-0.2, -0.15) is 0 Å². The number of ether oxygens (including phenoxy) is 1.